The summed E-state index contributed by atoms with van der Waals surface area (Å²) in [6.45, 7) is 9.00. The summed E-state index contributed by atoms with van der Waals surface area (Å²) in [5, 5.41) is 12.1. The van der Waals surface area contributed by atoms with Gasteiger partial charge >= 0.3 is 5.97 Å². The number of nitrogens with one attached hydrogen (secondary N) is 1. The van der Waals surface area contributed by atoms with E-state index in [1.807, 2.05) is 13.8 Å². The van der Waals surface area contributed by atoms with Crippen LogP contribution in [0.15, 0.2) is 0 Å². The molecule has 4 nitrogen and oxygen atoms in total. The first kappa shape index (κ1) is 15.8. The van der Waals surface area contributed by atoms with Crippen molar-refractivity contribution in [2.75, 3.05) is 6.54 Å². The zero-order valence-corrected chi connectivity index (χ0v) is 11.9. The third kappa shape index (κ3) is 4.36. The summed E-state index contributed by atoms with van der Waals surface area (Å²) in [7, 11) is 2.47. The van der Waals surface area contributed by atoms with Gasteiger partial charge in [0.15, 0.2) is 0 Å². The fourth-order valence-corrected chi connectivity index (χ4v) is 2.74. The molecule has 0 aromatic carbocycles. The summed E-state index contributed by atoms with van der Waals surface area (Å²) in [6.07, 6.45) is 1.55. The molecule has 0 aromatic rings. The quantitative estimate of drug-likeness (QED) is 0.598. The van der Waals surface area contributed by atoms with Gasteiger partial charge in [0.25, 0.3) is 0 Å². The summed E-state index contributed by atoms with van der Waals surface area (Å²) in [5.74, 6) is -0.918. The number of nitrogens with two attached hydrogens (primary N) is 1. The second-order valence-electron chi connectivity index (χ2n) is 5.55. The van der Waals surface area contributed by atoms with Crippen molar-refractivity contribution in [2.45, 2.75) is 46.6 Å². The lowest BCUT2D eigenvalue weighted by Crippen LogP contribution is -2.48. The minimum Gasteiger partial charge on any atom is -0.480 e. The molecule has 16 heavy (non-hydrogen) atoms. The average Bonchev–Trinajstić information content (AvgIpc) is 2.15. The van der Waals surface area contributed by atoms with E-state index in [4.69, 9.17) is 10.8 Å². The molecular formula is C11H25N2O2P. The minimum atomic E-state index is -0.918. The molecule has 0 spiro atoms. The molecule has 0 rings (SSSR count). The van der Waals surface area contributed by atoms with E-state index in [-0.39, 0.29) is 10.8 Å². The van der Waals surface area contributed by atoms with Gasteiger partial charge in [-0.3, -0.25) is 4.79 Å². The molecular weight excluding hydrogens is 223 g/mol. The molecule has 0 aromatic heterocycles. The Morgan fingerprint density at radius 2 is 2.00 bits per heavy atom. The number of hydrogen-bond donors (Lipinski definition) is 3. The Morgan fingerprint density at radius 1 is 1.50 bits per heavy atom. The van der Waals surface area contributed by atoms with Crippen LogP contribution < -0.4 is 10.8 Å². The maximum Gasteiger partial charge on any atom is 0.321 e. The van der Waals surface area contributed by atoms with Crippen molar-refractivity contribution < 1.29 is 9.90 Å². The van der Waals surface area contributed by atoms with E-state index in [0.717, 1.165) is 19.4 Å². The van der Waals surface area contributed by atoms with Crippen molar-refractivity contribution in [1.29, 1.82) is 0 Å². The van der Waals surface area contributed by atoms with Crippen LogP contribution in [0, 0.1) is 10.8 Å². The molecule has 4 N–H and O–H groups in total. The van der Waals surface area contributed by atoms with Crippen LogP contribution in [0.25, 0.3) is 0 Å². The first-order chi connectivity index (χ1) is 7.18. The Morgan fingerprint density at radius 3 is 2.31 bits per heavy atom. The third-order valence-corrected chi connectivity index (χ3v) is 3.49. The second kappa shape index (κ2) is 5.95. The van der Waals surface area contributed by atoms with E-state index in [1.165, 1.54) is 0 Å². The smallest absolute Gasteiger partial charge is 0.321 e. The van der Waals surface area contributed by atoms with Crippen LogP contribution in [0.3, 0.4) is 0 Å². The second-order valence-corrected chi connectivity index (χ2v) is 5.95. The van der Waals surface area contributed by atoms with Crippen LogP contribution in [0.4, 0.5) is 0 Å². The Balaban J connectivity index is 4.78. The minimum absolute atomic E-state index is 0.0274. The van der Waals surface area contributed by atoms with Crippen LogP contribution >= 0.6 is 9.39 Å². The predicted octanol–water partition coefficient (Wildman–Crippen LogP) is 1.61. The predicted molar refractivity (Wildman–Crippen MR) is 70.1 cm³/mol. The lowest BCUT2D eigenvalue weighted by molar-refractivity contribution is -0.142. The molecule has 0 aliphatic carbocycles. The first-order valence-electron chi connectivity index (χ1n) is 5.60. The van der Waals surface area contributed by atoms with Gasteiger partial charge in [0.1, 0.15) is 6.04 Å². The lowest BCUT2D eigenvalue weighted by atomic mass is 9.68. The molecule has 0 bridgehead atoms. The number of hydrogen-bond acceptors (Lipinski definition) is 3. The highest BCUT2D eigenvalue weighted by molar-refractivity contribution is 7.13. The molecule has 0 radical (unpaired) electrons. The van der Waals surface area contributed by atoms with E-state index >= 15 is 0 Å². The summed E-state index contributed by atoms with van der Waals surface area (Å²) in [6, 6.07) is -0.804. The SMILES string of the molecule is CCC(C)(CC(C)(C)CNP)C(N)C(=O)O. The molecule has 5 heteroatoms. The van der Waals surface area contributed by atoms with Gasteiger partial charge in [0.05, 0.1) is 0 Å². The molecule has 0 saturated heterocycles. The fraction of sp³-hybridized carbons (Fsp3) is 0.909. The van der Waals surface area contributed by atoms with E-state index < -0.39 is 12.0 Å². The summed E-state index contributed by atoms with van der Waals surface area (Å²) < 4.78 is 0. The number of rotatable bonds is 7. The highest BCUT2D eigenvalue weighted by atomic mass is 31.0. The van der Waals surface area contributed by atoms with Gasteiger partial charge in [0, 0.05) is 6.54 Å². The molecule has 0 amide bonds. The van der Waals surface area contributed by atoms with Crippen LogP contribution in [-0.4, -0.2) is 23.7 Å². The van der Waals surface area contributed by atoms with Crippen LogP contribution in [0.5, 0.6) is 0 Å². The largest absolute Gasteiger partial charge is 0.480 e. The average molecular weight is 248 g/mol. The number of carboxylic acid groups (broad SMARTS) is 1. The highest BCUT2D eigenvalue weighted by Gasteiger charge is 2.39. The molecule has 0 aliphatic rings. The van der Waals surface area contributed by atoms with E-state index in [9.17, 15) is 4.79 Å². The number of aliphatic carboxylic acids is 1. The van der Waals surface area contributed by atoms with Crippen LogP contribution in [0.2, 0.25) is 0 Å². The van der Waals surface area contributed by atoms with E-state index in [1.54, 1.807) is 0 Å². The molecule has 96 valence electrons. The Hall–Kier alpha value is -0.180. The standard InChI is InChI=1S/C11H25N2O2P/c1-5-11(4,8(12)9(14)15)6-10(2,3)7-13-16/h8,13H,5-7,12,16H2,1-4H3,(H,14,15). The summed E-state index contributed by atoms with van der Waals surface area (Å²) in [4.78, 5) is 11.0. The maximum atomic E-state index is 11.0. The van der Waals surface area contributed by atoms with E-state index in [0.29, 0.717) is 0 Å². The normalized spacial score (nSPS) is 17.9. The maximum absolute atomic E-state index is 11.0. The van der Waals surface area contributed by atoms with Crippen molar-refractivity contribution in [3.05, 3.63) is 0 Å². The van der Waals surface area contributed by atoms with Crippen molar-refractivity contribution in [3.63, 3.8) is 0 Å². The van der Waals surface area contributed by atoms with Gasteiger partial charge in [-0.15, -0.1) is 0 Å². The lowest BCUT2D eigenvalue weighted by Gasteiger charge is -2.39. The monoisotopic (exact) mass is 248 g/mol. The van der Waals surface area contributed by atoms with Crippen molar-refractivity contribution >= 4 is 15.4 Å². The zero-order valence-electron chi connectivity index (χ0n) is 10.7. The Bertz CT molecular complexity index is 246. The van der Waals surface area contributed by atoms with Crippen molar-refractivity contribution in [3.8, 4) is 0 Å². The molecule has 3 unspecified atom stereocenters. The molecule has 0 aliphatic heterocycles. The first-order valence-corrected chi connectivity index (χ1v) is 6.18. The molecule has 0 fully saturated rings. The van der Waals surface area contributed by atoms with E-state index in [2.05, 4.69) is 28.3 Å². The number of carbonyl (C=O) groups is 1. The van der Waals surface area contributed by atoms with Crippen LogP contribution in [-0.2, 0) is 4.79 Å². The number of carboxylic acids is 1. The fourth-order valence-electron chi connectivity index (χ4n) is 2.18. The van der Waals surface area contributed by atoms with Gasteiger partial charge in [-0.2, -0.15) is 0 Å². The third-order valence-electron chi connectivity index (χ3n) is 3.29. The van der Waals surface area contributed by atoms with Crippen molar-refractivity contribution in [1.82, 2.24) is 5.09 Å². The van der Waals surface area contributed by atoms with Gasteiger partial charge < -0.3 is 15.9 Å². The van der Waals surface area contributed by atoms with Gasteiger partial charge in [-0.25, -0.2) is 0 Å². The molecule has 3 atom stereocenters. The highest BCUT2D eigenvalue weighted by Crippen LogP contribution is 2.38. The van der Waals surface area contributed by atoms with Crippen molar-refractivity contribution in [2.24, 2.45) is 16.6 Å². The van der Waals surface area contributed by atoms with Gasteiger partial charge in [-0.1, -0.05) is 37.1 Å². The molecule has 0 heterocycles. The van der Waals surface area contributed by atoms with Gasteiger partial charge in [0.2, 0.25) is 0 Å². The summed E-state index contributed by atoms with van der Waals surface area (Å²) >= 11 is 0. The topological polar surface area (TPSA) is 75.3 Å². The van der Waals surface area contributed by atoms with Crippen LogP contribution in [0.1, 0.15) is 40.5 Å². The van der Waals surface area contributed by atoms with Gasteiger partial charge in [-0.05, 0) is 23.7 Å². The summed E-state index contributed by atoms with van der Waals surface area (Å²) in [5.41, 5.74) is 5.45. The zero-order chi connectivity index (χ0) is 13.0. The Labute approximate surface area is 101 Å². The Kier molecular flexibility index (Phi) is 5.88. The molecule has 0 saturated carbocycles.